The van der Waals surface area contributed by atoms with Crippen LogP contribution in [-0.2, 0) is 23.8 Å². The van der Waals surface area contributed by atoms with Gasteiger partial charge in [0.15, 0.2) is 11.4 Å². The maximum atomic E-state index is 12.5. The lowest BCUT2D eigenvalue weighted by Gasteiger charge is -2.59. The molecule has 0 unspecified atom stereocenters. The zero-order chi connectivity index (χ0) is 19.7. The van der Waals surface area contributed by atoms with Gasteiger partial charge in [-0.3, -0.25) is 9.59 Å². The molecule has 5 nitrogen and oxygen atoms in total. The van der Waals surface area contributed by atoms with Crippen molar-refractivity contribution in [3.05, 3.63) is 0 Å². The van der Waals surface area contributed by atoms with Crippen LogP contribution < -0.4 is 0 Å². The van der Waals surface area contributed by atoms with Crippen molar-refractivity contribution >= 4 is 11.8 Å². The fourth-order valence-corrected chi connectivity index (χ4v) is 9.04. The number of ether oxygens (including phenoxy) is 3. The summed E-state index contributed by atoms with van der Waals surface area (Å²) < 4.78 is 18.1. The highest BCUT2D eigenvalue weighted by atomic mass is 16.6. The Balaban J connectivity index is 1.31. The number of carbonyl (C=O) groups is 2. The number of rotatable bonds is 2. The summed E-state index contributed by atoms with van der Waals surface area (Å²) >= 11 is 0. The molecule has 6 aliphatic rings. The first-order chi connectivity index (χ1) is 13.2. The van der Waals surface area contributed by atoms with Crippen LogP contribution in [0.5, 0.6) is 0 Å². The van der Waals surface area contributed by atoms with Crippen LogP contribution in [0, 0.1) is 28.6 Å². The zero-order valence-electron chi connectivity index (χ0n) is 17.5. The molecule has 0 aromatic rings. The van der Waals surface area contributed by atoms with E-state index >= 15 is 0 Å². The van der Waals surface area contributed by atoms with Gasteiger partial charge in [0.2, 0.25) is 0 Å². The Morgan fingerprint density at radius 3 is 2.39 bits per heavy atom. The zero-order valence-corrected chi connectivity index (χ0v) is 17.5. The Bertz CT molecular complexity index is 779. The van der Waals surface area contributed by atoms with Gasteiger partial charge in [0.25, 0.3) is 0 Å². The van der Waals surface area contributed by atoms with Crippen LogP contribution in [0.25, 0.3) is 0 Å². The minimum atomic E-state index is -0.491. The summed E-state index contributed by atoms with van der Waals surface area (Å²) in [6.45, 7) is 8.02. The molecule has 154 valence electrons. The fourth-order valence-electron chi connectivity index (χ4n) is 9.04. The van der Waals surface area contributed by atoms with E-state index in [1.807, 2.05) is 0 Å². The van der Waals surface area contributed by atoms with Crippen molar-refractivity contribution in [2.45, 2.75) is 102 Å². The fraction of sp³-hybridized carbons (Fsp3) is 0.913. The van der Waals surface area contributed by atoms with Crippen LogP contribution in [0.15, 0.2) is 0 Å². The number of esters is 1. The summed E-state index contributed by atoms with van der Waals surface area (Å²) in [4.78, 5) is 24.0. The Morgan fingerprint density at radius 2 is 1.68 bits per heavy atom. The van der Waals surface area contributed by atoms with E-state index in [0.29, 0.717) is 23.9 Å². The maximum absolute atomic E-state index is 12.5. The Kier molecular flexibility index (Phi) is 3.21. The second-order valence-corrected chi connectivity index (χ2v) is 11.1. The molecule has 2 aliphatic heterocycles. The van der Waals surface area contributed by atoms with Gasteiger partial charge in [0.05, 0.1) is 12.2 Å². The van der Waals surface area contributed by atoms with Crippen molar-refractivity contribution in [1.82, 2.24) is 0 Å². The van der Waals surface area contributed by atoms with E-state index in [4.69, 9.17) is 14.2 Å². The topological polar surface area (TPSA) is 68.4 Å². The summed E-state index contributed by atoms with van der Waals surface area (Å²) in [5.41, 5.74) is -0.424. The minimum absolute atomic E-state index is 0.00879. The van der Waals surface area contributed by atoms with Crippen molar-refractivity contribution in [3.63, 3.8) is 0 Å². The molecular formula is C23H32O5. The number of hydrogen-bond donors (Lipinski definition) is 0. The van der Waals surface area contributed by atoms with Crippen molar-refractivity contribution in [1.29, 1.82) is 0 Å². The number of epoxide rings is 2. The first-order valence-corrected chi connectivity index (χ1v) is 11.2. The number of ketones is 1. The molecule has 0 bridgehead atoms. The molecule has 0 aromatic heterocycles. The molecule has 4 saturated carbocycles. The van der Waals surface area contributed by atoms with Gasteiger partial charge in [-0.1, -0.05) is 13.8 Å². The van der Waals surface area contributed by atoms with E-state index < -0.39 is 5.60 Å². The number of hydrogen-bond acceptors (Lipinski definition) is 5. The van der Waals surface area contributed by atoms with Gasteiger partial charge in [0, 0.05) is 24.2 Å². The smallest absolute Gasteiger partial charge is 0.302 e. The van der Waals surface area contributed by atoms with Crippen molar-refractivity contribution < 1.29 is 23.8 Å². The van der Waals surface area contributed by atoms with Gasteiger partial charge < -0.3 is 14.2 Å². The minimum Gasteiger partial charge on any atom is -0.462 e. The average molecular weight is 389 g/mol. The predicted molar refractivity (Wildman–Crippen MR) is 100 cm³/mol. The molecule has 5 heteroatoms. The highest BCUT2D eigenvalue weighted by Crippen LogP contribution is 2.77. The molecule has 0 aromatic carbocycles. The van der Waals surface area contributed by atoms with E-state index in [0.717, 1.165) is 44.9 Å². The van der Waals surface area contributed by atoms with Crippen molar-refractivity contribution in [3.8, 4) is 0 Å². The summed E-state index contributed by atoms with van der Waals surface area (Å²) in [5, 5.41) is 0. The Hall–Kier alpha value is -0.940. The number of Topliss-reactive ketones (excluding diaryl/α,β-unsaturated/α-hetero) is 1. The third kappa shape index (κ3) is 1.79. The van der Waals surface area contributed by atoms with Crippen LogP contribution in [0.1, 0.15) is 72.6 Å². The summed E-state index contributed by atoms with van der Waals surface area (Å²) in [7, 11) is 0. The van der Waals surface area contributed by atoms with E-state index in [9.17, 15) is 9.59 Å². The monoisotopic (exact) mass is 388 g/mol. The van der Waals surface area contributed by atoms with E-state index in [1.165, 1.54) is 6.92 Å². The molecule has 10 atom stereocenters. The number of carbonyl (C=O) groups excluding carboxylic acids is 2. The van der Waals surface area contributed by atoms with E-state index in [1.54, 1.807) is 6.92 Å². The molecule has 6 fully saturated rings. The van der Waals surface area contributed by atoms with Gasteiger partial charge >= 0.3 is 5.97 Å². The van der Waals surface area contributed by atoms with Crippen molar-refractivity contribution in [2.24, 2.45) is 28.6 Å². The Labute approximate surface area is 166 Å². The highest BCUT2D eigenvalue weighted by Gasteiger charge is 2.82. The number of fused-ring (bicyclic) bond motifs is 6. The highest BCUT2D eigenvalue weighted by molar-refractivity contribution is 5.90. The standard InChI is InChI=1S/C23H32O5/c1-12(24)23-19(28-23)10-17-15-9-18-22(27-18)11-14(26-13(2)25)5-7-20(22,3)16(15)6-8-21(17,23)4/h14-19H,5-11H2,1-4H3/t14-,15+,16-,17-,18-,19+,20+,21-,22-,23+/m0/s1. The SMILES string of the molecule is CC(=O)O[C@H]1CC[C@]2(C)[C@H]3CC[C@@]4(C)[C@@H](C[C@H]5O[C@]54C(C)=O)[C@@H]3C[C@@H]3O[C@@]32C1. The normalized spacial score (nSPS) is 60.4. The van der Waals surface area contributed by atoms with Gasteiger partial charge in [0.1, 0.15) is 11.7 Å². The van der Waals surface area contributed by atoms with Crippen LogP contribution in [-0.4, -0.2) is 41.3 Å². The largest absolute Gasteiger partial charge is 0.462 e. The van der Waals surface area contributed by atoms with Crippen LogP contribution in [0.2, 0.25) is 0 Å². The molecule has 2 saturated heterocycles. The van der Waals surface area contributed by atoms with Crippen LogP contribution >= 0.6 is 0 Å². The van der Waals surface area contributed by atoms with Gasteiger partial charge in [-0.2, -0.15) is 0 Å². The van der Waals surface area contributed by atoms with E-state index in [2.05, 4.69) is 13.8 Å². The lowest BCUT2D eigenvalue weighted by atomic mass is 9.44. The van der Waals surface area contributed by atoms with Crippen LogP contribution in [0.3, 0.4) is 0 Å². The molecular weight excluding hydrogens is 356 g/mol. The molecule has 0 N–H and O–H groups in total. The van der Waals surface area contributed by atoms with Crippen molar-refractivity contribution in [2.75, 3.05) is 0 Å². The van der Waals surface area contributed by atoms with E-state index in [-0.39, 0.29) is 40.4 Å². The van der Waals surface area contributed by atoms with Crippen LogP contribution in [0.4, 0.5) is 0 Å². The maximum Gasteiger partial charge on any atom is 0.302 e. The summed E-state index contributed by atoms with van der Waals surface area (Å²) in [6, 6.07) is 0. The third-order valence-corrected chi connectivity index (χ3v) is 10.3. The predicted octanol–water partition coefficient (Wildman–Crippen LogP) is 3.43. The van der Waals surface area contributed by atoms with Gasteiger partial charge in [-0.25, -0.2) is 0 Å². The average Bonchev–Trinajstić information content (AvgIpc) is 3.48. The van der Waals surface area contributed by atoms with Gasteiger partial charge in [-0.05, 0) is 63.2 Å². The lowest BCUT2D eigenvalue weighted by Crippen LogP contribution is -2.60. The molecule has 0 amide bonds. The van der Waals surface area contributed by atoms with Gasteiger partial charge in [-0.15, -0.1) is 0 Å². The Morgan fingerprint density at radius 1 is 0.929 bits per heavy atom. The lowest BCUT2D eigenvalue weighted by molar-refractivity contribution is -0.161. The first kappa shape index (κ1) is 17.9. The summed E-state index contributed by atoms with van der Waals surface area (Å²) in [5.74, 6) is 1.90. The molecule has 0 radical (unpaired) electrons. The molecule has 6 rings (SSSR count). The molecule has 1 spiro atoms. The second-order valence-electron chi connectivity index (χ2n) is 11.1. The summed E-state index contributed by atoms with van der Waals surface area (Å²) in [6.07, 6.45) is 7.73. The molecule has 4 aliphatic carbocycles. The quantitative estimate of drug-likeness (QED) is 0.535. The molecule has 2 heterocycles. The third-order valence-electron chi connectivity index (χ3n) is 10.3. The molecule has 28 heavy (non-hydrogen) atoms. The first-order valence-electron chi connectivity index (χ1n) is 11.2. The second kappa shape index (κ2) is 5.03.